The van der Waals surface area contributed by atoms with E-state index in [0.717, 1.165) is 11.8 Å². The van der Waals surface area contributed by atoms with E-state index in [-0.39, 0.29) is 0 Å². The molecule has 3 aliphatic carbocycles. The highest BCUT2D eigenvalue weighted by molar-refractivity contribution is 5.25. The fraction of sp³-hybridized carbons (Fsp3) is 0.571. The molecule has 15 heavy (non-hydrogen) atoms. The van der Waals surface area contributed by atoms with E-state index in [9.17, 15) is 0 Å². The molecule has 0 bridgehead atoms. The number of hydrogen-bond donors (Lipinski definition) is 1. The molecule has 0 amide bonds. The maximum absolute atomic E-state index is 6.18. The highest BCUT2D eigenvalue weighted by Crippen LogP contribution is 2.48. The molecule has 3 aliphatic rings. The standard InChI is InChI=1S/C14H19N/c1-9-11-7-6-10-4-2-3-5-12(10)13(11)8-14(9)15/h2-7,9-14H,8,15H2,1H3. The van der Waals surface area contributed by atoms with Gasteiger partial charge in [0.25, 0.3) is 0 Å². The molecule has 0 radical (unpaired) electrons. The van der Waals surface area contributed by atoms with Gasteiger partial charge in [0.2, 0.25) is 0 Å². The number of fused-ring (bicyclic) bond motifs is 3. The Kier molecular flexibility index (Phi) is 2.10. The van der Waals surface area contributed by atoms with Crippen molar-refractivity contribution in [1.29, 1.82) is 0 Å². The molecule has 0 aromatic rings. The number of nitrogens with two attached hydrogens (primary N) is 1. The van der Waals surface area contributed by atoms with Crippen molar-refractivity contribution in [3.05, 3.63) is 36.5 Å². The number of allylic oxidation sites excluding steroid dienone is 6. The summed E-state index contributed by atoms with van der Waals surface area (Å²) in [6, 6.07) is 0.405. The van der Waals surface area contributed by atoms with Gasteiger partial charge < -0.3 is 5.73 Å². The SMILES string of the molecule is CC1C(N)CC2C3C=CC=CC3C=CC12. The van der Waals surface area contributed by atoms with E-state index in [1.165, 1.54) is 6.42 Å². The van der Waals surface area contributed by atoms with Crippen LogP contribution in [0.2, 0.25) is 0 Å². The zero-order valence-electron chi connectivity index (χ0n) is 9.21. The summed E-state index contributed by atoms with van der Waals surface area (Å²) < 4.78 is 0. The van der Waals surface area contributed by atoms with Gasteiger partial charge in [0.05, 0.1) is 0 Å². The van der Waals surface area contributed by atoms with Crippen LogP contribution in [0.1, 0.15) is 13.3 Å². The van der Waals surface area contributed by atoms with Crippen molar-refractivity contribution < 1.29 is 0 Å². The molecule has 1 saturated carbocycles. The van der Waals surface area contributed by atoms with E-state index in [0.29, 0.717) is 23.8 Å². The predicted molar refractivity (Wildman–Crippen MR) is 63.1 cm³/mol. The third-order valence-corrected chi connectivity index (χ3v) is 4.59. The molecular formula is C14H19N. The molecular weight excluding hydrogens is 182 g/mol. The lowest BCUT2D eigenvalue weighted by Gasteiger charge is -2.35. The Bertz CT molecular complexity index is 339. The van der Waals surface area contributed by atoms with Gasteiger partial charge in [-0.05, 0) is 30.1 Å². The molecule has 80 valence electrons. The zero-order valence-corrected chi connectivity index (χ0v) is 9.21. The Morgan fingerprint density at radius 1 is 1.00 bits per heavy atom. The van der Waals surface area contributed by atoms with Gasteiger partial charge in [-0.25, -0.2) is 0 Å². The Morgan fingerprint density at radius 2 is 1.80 bits per heavy atom. The summed E-state index contributed by atoms with van der Waals surface area (Å²) in [6.45, 7) is 2.31. The smallest absolute Gasteiger partial charge is 0.00733 e. The molecule has 1 nitrogen and oxygen atoms in total. The lowest BCUT2D eigenvalue weighted by molar-refractivity contribution is 0.269. The van der Waals surface area contributed by atoms with Gasteiger partial charge in [-0.3, -0.25) is 0 Å². The Balaban J connectivity index is 1.93. The molecule has 0 aromatic heterocycles. The highest BCUT2D eigenvalue weighted by atomic mass is 14.7. The molecule has 0 saturated heterocycles. The summed E-state index contributed by atoms with van der Waals surface area (Å²) in [4.78, 5) is 0. The third kappa shape index (κ3) is 1.33. The monoisotopic (exact) mass is 201 g/mol. The maximum Gasteiger partial charge on any atom is 0.00733 e. The lowest BCUT2D eigenvalue weighted by atomic mass is 9.69. The van der Waals surface area contributed by atoms with Crippen LogP contribution >= 0.6 is 0 Å². The van der Waals surface area contributed by atoms with Gasteiger partial charge in [0.1, 0.15) is 0 Å². The van der Waals surface area contributed by atoms with Gasteiger partial charge in [-0.1, -0.05) is 43.4 Å². The number of hydrogen-bond acceptors (Lipinski definition) is 1. The zero-order chi connectivity index (χ0) is 10.4. The van der Waals surface area contributed by atoms with Gasteiger partial charge in [-0.2, -0.15) is 0 Å². The molecule has 0 aliphatic heterocycles. The fourth-order valence-electron chi connectivity index (χ4n) is 3.61. The summed E-state index contributed by atoms with van der Waals surface area (Å²) in [5, 5.41) is 0. The number of rotatable bonds is 0. The summed E-state index contributed by atoms with van der Waals surface area (Å²) in [5.41, 5.74) is 6.18. The second kappa shape index (κ2) is 3.34. The van der Waals surface area contributed by atoms with E-state index in [4.69, 9.17) is 5.73 Å². The van der Waals surface area contributed by atoms with Gasteiger partial charge >= 0.3 is 0 Å². The molecule has 0 heterocycles. The van der Waals surface area contributed by atoms with Crippen LogP contribution in [0, 0.1) is 29.6 Å². The molecule has 1 fully saturated rings. The van der Waals surface area contributed by atoms with Gasteiger partial charge in [0, 0.05) is 12.0 Å². The predicted octanol–water partition coefficient (Wildman–Crippen LogP) is 2.51. The molecule has 3 rings (SSSR count). The molecule has 6 atom stereocenters. The maximum atomic E-state index is 6.18. The summed E-state index contributed by atoms with van der Waals surface area (Å²) in [6.07, 6.45) is 15.1. The van der Waals surface area contributed by atoms with E-state index >= 15 is 0 Å². The first-order chi connectivity index (χ1) is 7.27. The van der Waals surface area contributed by atoms with Crippen molar-refractivity contribution in [1.82, 2.24) is 0 Å². The highest BCUT2D eigenvalue weighted by Gasteiger charge is 2.44. The van der Waals surface area contributed by atoms with Crippen LogP contribution in [0.15, 0.2) is 36.5 Å². The Hall–Kier alpha value is -0.820. The second-order valence-corrected chi connectivity index (χ2v) is 5.31. The molecule has 0 aromatic carbocycles. The van der Waals surface area contributed by atoms with E-state index in [1.807, 2.05) is 0 Å². The van der Waals surface area contributed by atoms with Gasteiger partial charge in [-0.15, -0.1) is 0 Å². The second-order valence-electron chi connectivity index (χ2n) is 5.31. The van der Waals surface area contributed by atoms with Crippen molar-refractivity contribution in [3.8, 4) is 0 Å². The summed E-state index contributed by atoms with van der Waals surface area (Å²) in [5.74, 6) is 3.50. The summed E-state index contributed by atoms with van der Waals surface area (Å²) >= 11 is 0. The first-order valence-corrected chi connectivity index (χ1v) is 6.06. The van der Waals surface area contributed by atoms with E-state index in [1.54, 1.807) is 0 Å². The molecule has 6 unspecified atom stereocenters. The topological polar surface area (TPSA) is 26.0 Å². The third-order valence-electron chi connectivity index (χ3n) is 4.59. The van der Waals surface area contributed by atoms with Crippen LogP contribution in [0.3, 0.4) is 0 Å². The first-order valence-electron chi connectivity index (χ1n) is 6.06. The summed E-state index contributed by atoms with van der Waals surface area (Å²) in [7, 11) is 0. The van der Waals surface area contributed by atoms with Crippen LogP contribution < -0.4 is 5.73 Å². The van der Waals surface area contributed by atoms with Crippen LogP contribution in [-0.2, 0) is 0 Å². The first kappa shape index (κ1) is 9.41. The average molecular weight is 201 g/mol. The van der Waals surface area contributed by atoms with Crippen molar-refractivity contribution >= 4 is 0 Å². The van der Waals surface area contributed by atoms with Crippen LogP contribution in [-0.4, -0.2) is 6.04 Å². The normalized spacial score (nSPS) is 51.6. The lowest BCUT2D eigenvalue weighted by Crippen LogP contribution is -2.28. The fourth-order valence-corrected chi connectivity index (χ4v) is 3.61. The Labute approximate surface area is 91.7 Å². The molecule has 2 N–H and O–H groups in total. The largest absolute Gasteiger partial charge is 0.327 e. The van der Waals surface area contributed by atoms with E-state index < -0.39 is 0 Å². The Morgan fingerprint density at radius 3 is 2.67 bits per heavy atom. The van der Waals surface area contributed by atoms with Crippen LogP contribution in [0.4, 0.5) is 0 Å². The average Bonchev–Trinajstić information content (AvgIpc) is 2.56. The van der Waals surface area contributed by atoms with Crippen molar-refractivity contribution in [2.24, 2.45) is 35.3 Å². The minimum absolute atomic E-state index is 0.405. The van der Waals surface area contributed by atoms with Crippen molar-refractivity contribution in [2.45, 2.75) is 19.4 Å². The van der Waals surface area contributed by atoms with E-state index in [2.05, 4.69) is 43.4 Å². The molecule has 1 heteroatoms. The molecule has 0 spiro atoms. The minimum Gasteiger partial charge on any atom is -0.327 e. The van der Waals surface area contributed by atoms with Crippen LogP contribution in [0.25, 0.3) is 0 Å². The van der Waals surface area contributed by atoms with Gasteiger partial charge in [0.15, 0.2) is 0 Å². The minimum atomic E-state index is 0.405. The van der Waals surface area contributed by atoms with Crippen LogP contribution in [0.5, 0.6) is 0 Å². The quantitative estimate of drug-likeness (QED) is 0.599. The van der Waals surface area contributed by atoms with Crippen molar-refractivity contribution in [3.63, 3.8) is 0 Å². The van der Waals surface area contributed by atoms with Crippen molar-refractivity contribution in [2.75, 3.05) is 0 Å².